The fraction of sp³-hybridized carbons (Fsp3) is 0.867. The summed E-state index contributed by atoms with van der Waals surface area (Å²) in [5, 5.41) is 32.1. The first-order chi connectivity index (χ1) is 8.12. The third kappa shape index (κ3) is 1.93. The van der Waals surface area contributed by atoms with Crippen molar-refractivity contribution in [3.05, 3.63) is 11.6 Å². The molecule has 0 heterocycles. The van der Waals surface area contributed by atoms with E-state index in [0.717, 1.165) is 6.42 Å². The molecule has 2 aliphatic rings. The van der Waals surface area contributed by atoms with E-state index >= 15 is 0 Å². The monoisotopic (exact) mass is 254 g/mol. The average Bonchev–Trinajstić information content (AvgIpc) is 2.27. The smallest absolute Gasteiger partial charge is 0.0912 e. The SMILES string of the molecule is CC(C)[C@]1(O)CC[C@H](C)[C@@]2(O)CC[C@](C)(O)C=C21. The molecule has 0 aromatic carbocycles. The highest BCUT2D eigenvalue weighted by Gasteiger charge is 2.55. The highest BCUT2D eigenvalue weighted by Crippen LogP contribution is 2.52. The van der Waals surface area contributed by atoms with Crippen molar-refractivity contribution >= 4 is 0 Å². The fourth-order valence-electron chi connectivity index (χ4n) is 3.51. The van der Waals surface area contributed by atoms with Crippen LogP contribution in [-0.2, 0) is 0 Å². The van der Waals surface area contributed by atoms with Gasteiger partial charge in [0.15, 0.2) is 0 Å². The summed E-state index contributed by atoms with van der Waals surface area (Å²) in [6, 6.07) is 0. The summed E-state index contributed by atoms with van der Waals surface area (Å²) in [5.74, 6) is 0.176. The molecule has 18 heavy (non-hydrogen) atoms. The lowest BCUT2D eigenvalue weighted by Gasteiger charge is -2.54. The van der Waals surface area contributed by atoms with Crippen molar-refractivity contribution in [1.82, 2.24) is 0 Å². The third-order valence-electron chi connectivity index (χ3n) is 5.13. The van der Waals surface area contributed by atoms with Crippen LogP contribution in [0.25, 0.3) is 0 Å². The Labute approximate surface area is 110 Å². The van der Waals surface area contributed by atoms with Gasteiger partial charge in [-0.1, -0.05) is 20.8 Å². The first-order valence-corrected chi connectivity index (χ1v) is 7.03. The predicted molar refractivity (Wildman–Crippen MR) is 71.1 cm³/mol. The number of hydrogen-bond donors (Lipinski definition) is 3. The van der Waals surface area contributed by atoms with E-state index in [4.69, 9.17) is 0 Å². The number of rotatable bonds is 1. The largest absolute Gasteiger partial charge is 0.386 e. The Bertz CT molecular complexity index is 372. The second-order valence-corrected chi connectivity index (χ2v) is 6.86. The maximum absolute atomic E-state index is 10.9. The van der Waals surface area contributed by atoms with Crippen LogP contribution in [-0.4, -0.2) is 32.1 Å². The van der Waals surface area contributed by atoms with Crippen molar-refractivity contribution < 1.29 is 15.3 Å². The Hall–Kier alpha value is -0.380. The third-order valence-corrected chi connectivity index (χ3v) is 5.13. The molecule has 4 atom stereocenters. The zero-order valence-corrected chi connectivity index (χ0v) is 11.9. The van der Waals surface area contributed by atoms with Gasteiger partial charge in [0.2, 0.25) is 0 Å². The lowest BCUT2D eigenvalue weighted by molar-refractivity contribution is -0.108. The van der Waals surface area contributed by atoms with Gasteiger partial charge in [-0.25, -0.2) is 0 Å². The Balaban J connectivity index is 2.53. The van der Waals surface area contributed by atoms with Gasteiger partial charge < -0.3 is 15.3 Å². The molecule has 3 N–H and O–H groups in total. The molecule has 0 aromatic rings. The highest BCUT2D eigenvalue weighted by atomic mass is 16.3. The van der Waals surface area contributed by atoms with Gasteiger partial charge in [-0.05, 0) is 56.1 Å². The summed E-state index contributed by atoms with van der Waals surface area (Å²) in [6.07, 6.45) is 4.28. The number of aliphatic hydroxyl groups is 3. The van der Waals surface area contributed by atoms with Crippen LogP contribution in [0.5, 0.6) is 0 Å². The fourth-order valence-corrected chi connectivity index (χ4v) is 3.51. The zero-order chi connectivity index (χ0) is 13.8. The van der Waals surface area contributed by atoms with Gasteiger partial charge in [0.1, 0.15) is 0 Å². The standard InChI is InChI=1S/C15H26O3/c1-10(2)14(17)6-5-11(3)15(18)8-7-13(4,16)9-12(14)15/h9-11,16-18H,5-8H2,1-4H3/t11-,13-,14+,15-/m0/s1. The van der Waals surface area contributed by atoms with Crippen LogP contribution >= 0.6 is 0 Å². The van der Waals surface area contributed by atoms with Crippen LogP contribution in [0.15, 0.2) is 11.6 Å². The van der Waals surface area contributed by atoms with Crippen LogP contribution in [0, 0.1) is 11.8 Å². The summed E-state index contributed by atoms with van der Waals surface area (Å²) in [7, 11) is 0. The van der Waals surface area contributed by atoms with E-state index in [9.17, 15) is 15.3 Å². The molecule has 0 radical (unpaired) electrons. The number of fused-ring (bicyclic) bond motifs is 1. The van der Waals surface area contributed by atoms with Crippen LogP contribution in [0.1, 0.15) is 53.4 Å². The molecule has 0 saturated heterocycles. The summed E-state index contributed by atoms with van der Waals surface area (Å²) in [4.78, 5) is 0. The molecule has 104 valence electrons. The molecule has 3 nitrogen and oxygen atoms in total. The van der Waals surface area contributed by atoms with Gasteiger partial charge in [0.25, 0.3) is 0 Å². The van der Waals surface area contributed by atoms with Crippen molar-refractivity contribution in [1.29, 1.82) is 0 Å². The molecule has 2 aliphatic carbocycles. The molecule has 0 bridgehead atoms. The van der Waals surface area contributed by atoms with Crippen molar-refractivity contribution in [2.45, 2.75) is 70.2 Å². The van der Waals surface area contributed by atoms with Crippen LogP contribution in [0.2, 0.25) is 0 Å². The first kappa shape index (κ1) is 14.0. The normalized spacial score (nSPS) is 48.9. The van der Waals surface area contributed by atoms with Crippen molar-refractivity contribution in [3.8, 4) is 0 Å². The minimum absolute atomic E-state index is 0.0386. The van der Waals surface area contributed by atoms with Crippen molar-refractivity contribution in [2.24, 2.45) is 11.8 Å². The molecule has 1 fully saturated rings. The van der Waals surface area contributed by atoms with Gasteiger partial charge in [0.05, 0.1) is 16.8 Å². The number of hydrogen-bond acceptors (Lipinski definition) is 3. The van der Waals surface area contributed by atoms with E-state index in [2.05, 4.69) is 0 Å². The molecular weight excluding hydrogens is 228 g/mol. The highest BCUT2D eigenvalue weighted by molar-refractivity contribution is 5.36. The van der Waals surface area contributed by atoms with Gasteiger partial charge in [-0.3, -0.25) is 0 Å². The topological polar surface area (TPSA) is 60.7 Å². The first-order valence-electron chi connectivity index (χ1n) is 7.03. The summed E-state index contributed by atoms with van der Waals surface area (Å²) in [6.45, 7) is 7.73. The van der Waals surface area contributed by atoms with Gasteiger partial charge >= 0.3 is 0 Å². The molecule has 1 saturated carbocycles. The Morgan fingerprint density at radius 2 is 1.78 bits per heavy atom. The van der Waals surface area contributed by atoms with Crippen molar-refractivity contribution in [3.63, 3.8) is 0 Å². The van der Waals surface area contributed by atoms with E-state index in [1.54, 1.807) is 13.0 Å². The second kappa shape index (κ2) is 4.06. The quantitative estimate of drug-likeness (QED) is 0.627. The lowest BCUT2D eigenvalue weighted by atomic mass is 9.57. The maximum atomic E-state index is 10.9. The minimum Gasteiger partial charge on any atom is -0.386 e. The molecule has 0 aliphatic heterocycles. The van der Waals surface area contributed by atoms with Crippen LogP contribution < -0.4 is 0 Å². The Morgan fingerprint density at radius 3 is 2.33 bits per heavy atom. The van der Waals surface area contributed by atoms with Gasteiger partial charge in [0, 0.05) is 0 Å². The summed E-state index contributed by atoms with van der Waals surface area (Å²) < 4.78 is 0. The second-order valence-electron chi connectivity index (χ2n) is 6.86. The molecule has 0 spiro atoms. The average molecular weight is 254 g/mol. The Morgan fingerprint density at radius 1 is 1.17 bits per heavy atom. The van der Waals surface area contributed by atoms with E-state index < -0.39 is 16.8 Å². The van der Waals surface area contributed by atoms with E-state index in [-0.39, 0.29) is 11.8 Å². The molecular formula is C15H26O3. The summed E-state index contributed by atoms with van der Waals surface area (Å²) in [5.41, 5.74) is -2.19. The lowest BCUT2D eigenvalue weighted by Crippen LogP contribution is -2.58. The minimum atomic E-state index is -0.980. The van der Waals surface area contributed by atoms with Gasteiger partial charge in [-0.2, -0.15) is 0 Å². The zero-order valence-electron chi connectivity index (χ0n) is 11.9. The van der Waals surface area contributed by atoms with Crippen LogP contribution in [0.4, 0.5) is 0 Å². The van der Waals surface area contributed by atoms with E-state index in [0.29, 0.717) is 24.8 Å². The Kier molecular flexibility index (Phi) is 3.16. The van der Waals surface area contributed by atoms with Crippen molar-refractivity contribution in [2.75, 3.05) is 0 Å². The summed E-state index contributed by atoms with van der Waals surface area (Å²) >= 11 is 0. The van der Waals surface area contributed by atoms with E-state index in [1.165, 1.54) is 0 Å². The molecule has 0 aromatic heterocycles. The maximum Gasteiger partial charge on any atom is 0.0912 e. The molecule has 3 heteroatoms. The van der Waals surface area contributed by atoms with Crippen LogP contribution in [0.3, 0.4) is 0 Å². The predicted octanol–water partition coefficient (Wildman–Crippen LogP) is 2.01. The van der Waals surface area contributed by atoms with Gasteiger partial charge in [-0.15, -0.1) is 0 Å². The molecule has 2 rings (SSSR count). The molecule has 0 amide bonds. The molecule has 0 unspecified atom stereocenters. The van der Waals surface area contributed by atoms with E-state index in [1.807, 2.05) is 20.8 Å².